The molecule has 1 heterocycles. The molecule has 2 fully saturated rings. The monoisotopic (exact) mass is 278 g/mol. The molecule has 1 aliphatic heterocycles. The molecule has 1 saturated heterocycles. The average molecular weight is 279 g/mol. The Kier molecular flexibility index (Phi) is 4.43. The molecule has 0 aromatic rings. The first-order valence-electron chi connectivity index (χ1n) is 5.80. The molecule has 0 aromatic heterocycles. The predicted octanol–water partition coefficient (Wildman–Crippen LogP) is 2.12. The third-order valence-electron chi connectivity index (χ3n) is 3.08. The van der Waals surface area contributed by atoms with Crippen LogP contribution in [-0.4, -0.2) is 43.0 Å². The van der Waals surface area contributed by atoms with Gasteiger partial charge in [0, 0.05) is 24.6 Å². The van der Waals surface area contributed by atoms with E-state index in [-0.39, 0.29) is 12.2 Å². The summed E-state index contributed by atoms with van der Waals surface area (Å²) in [5.41, 5.74) is 0. The lowest BCUT2D eigenvalue weighted by molar-refractivity contribution is -0.159. The van der Waals surface area contributed by atoms with Gasteiger partial charge >= 0.3 is 0 Å². The van der Waals surface area contributed by atoms with Gasteiger partial charge in [-0.2, -0.15) is 0 Å². The molecule has 2 rings (SSSR count). The van der Waals surface area contributed by atoms with E-state index in [4.69, 9.17) is 14.2 Å². The normalized spacial score (nSPS) is 37.6. The molecular formula is C11H19BrO3. The molecule has 3 unspecified atom stereocenters. The molecular weight excluding hydrogens is 260 g/mol. The van der Waals surface area contributed by atoms with Gasteiger partial charge in [0.2, 0.25) is 0 Å². The van der Waals surface area contributed by atoms with Gasteiger partial charge < -0.3 is 14.2 Å². The van der Waals surface area contributed by atoms with Crippen LogP contribution in [0.3, 0.4) is 0 Å². The highest BCUT2D eigenvalue weighted by Gasteiger charge is 2.42. The first kappa shape index (κ1) is 11.8. The zero-order chi connectivity index (χ0) is 10.7. The van der Waals surface area contributed by atoms with Crippen molar-refractivity contribution in [3.05, 3.63) is 0 Å². The maximum absolute atomic E-state index is 6.03. The van der Waals surface area contributed by atoms with Crippen LogP contribution in [0.25, 0.3) is 0 Å². The SMILES string of the molecule is CCOC1C(Br)CC1OC1CCOCC1. The molecule has 3 atom stereocenters. The third kappa shape index (κ3) is 2.93. The number of alkyl halides is 1. The molecule has 0 bridgehead atoms. The summed E-state index contributed by atoms with van der Waals surface area (Å²) in [4.78, 5) is 0.474. The van der Waals surface area contributed by atoms with E-state index in [1.165, 1.54) is 0 Å². The van der Waals surface area contributed by atoms with Crippen LogP contribution >= 0.6 is 15.9 Å². The van der Waals surface area contributed by atoms with Crippen molar-refractivity contribution in [1.82, 2.24) is 0 Å². The van der Waals surface area contributed by atoms with Crippen LogP contribution in [-0.2, 0) is 14.2 Å². The number of hydrogen-bond donors (Lipinski definition) is 0. The first-order chi connectivity index (χ1) is 7.31. The molecule has 1 aliphatic carbocycles. The Morgan fingerprint density at radius 1 is 1.33 bits per heavy atom. The molecule has 1 saturated carbocycles. The van der Waals surface area contributed by atoms with Crippen molar-refractivity contribution in [3.63, 3.8) is 0 Å². The molecule has 0 N–H and O–H groups in total. The minimum atomic E-state index is 0.248. The van der Waals surface area contributed by atoms with Crippen LogP contribution in [0.2, 0.25) is 0 Å². The summed E-state index contributed by atoms with van der Waals surface area (Å²) < 4.78 is 17.0. The van der Waals surface area contributed by atoms with E-state index in [2.05, 4.69) is 15.9 Å². The van der Waals surface area contributed by atoms with Gasteiger partial charge in [0.05, 0.1) is 18.3 Å². The minimum absolute atomic E-state index is 0.248. The van der Waals surface area contributed by atoms with Crippen molar-refractivity contribution in [1.29, 1.82) is 0 Å². The highest BCUT2D eigenvalue weighted by Crippen LogP contribution is 2.34. The Bertz CT molecular complexity index is 194. The second kappa shape index (κ2) is 5.62. The van der Waals surface area contributed by atoms with Crippen molar-refractivity contribution < 1.29 is 14.2 Å². The predicted molar refractivity (Wildman–Crippen MR) is 61.5 cm³/mol. The standard InChI is InChI=1S/C11H19BrO3/c1-2-14-11-9(12)7-10(11)15-8-3-5-13-6-4-8/h8-11H,2-7H2,1H3. The van der Waals surface area contributed by atoms with Crippen molar-refractivity contribution in [2.45, 2.75) is 49.3 Å². The van der Waals surface area contributed by atoms with E-state index in [0.717, 1.165) is 39.1 Å². The number of hydrogen-bond acceptors (Lipinski definition) is 3. The van der Waals surface area contributed by atoms with Crippen molar-refractivity contribution >= 4 is 15.9 Å². The van der Waals surface area contributed by atoms with E-state index in [0.29, 0.717) is 10.9 Å². The van der Waals surface area contributed by atoms with Gasteiger partial charge in [0.15, 0.2) is 0 Å². The van der Waals surface area contributed by atoms with Crippen LogP contribution in [0.4, 0.5) is 0 Å². The van der Waals surface area contributed by atoms with E-state index < -0.39 is 0 Å². The molecule has 3 nitrogen and oxygen atoms in total. The fourth-order valence-corrected chi connectivity index (χ4v) is 2.99. The van der Waals surface area contributed by atoms with Crippen LogP contribution in [0.5, 0.6) is 0 Å². The molecule has 0 spiro atoms. The summed E-state index contributed by atoms with van der Waals surface area (Å²) in [6.45, 7) is 4.48. The van der Waals surface area contributed by atoms with Crippen LogP contribution < -0.4 is 0 Å². The van der Waals surface area contributed by atoms with Gasteiger partial charge in [0.25, 0.3) is 0 Å². The topological polar surface area (TPSA) is 27.7 Å². The van der Waals surface area contributed by atoms with Gasteiger partial charge in [-0.05, 0) is 26.2 Å². The summed E-state index contributed by atoms with van der Waals surface area (Å²) in [6.07, 6.45) is 4.05. The second-order valence-corrected chi connectivity index (χ2v) is 5.33. The van der Waals surface area contributed by atoms with E-state index in [9.17, 15) is 0 Å². The molecule has 88 valence electrons. The number of rotatable bonds is 4. The lowest BCUT2D eigenvalue weighted by Gasteiger charge is -2.43. The Labute approximate surface area is 99.6 Å². The third-order valence-corrected chi connectivity index (χ3v) is 3.97. The molecule has 0 radical (unpaired) electrons. The molecule has 15 heavy (non-hydrogen) atoms. The molecule has 0 aromatic carbocycles. The molecule has 4 heteroatoms. The van der Waals surface area contributed by atoms with Crippen molar-refractivity contribution in [2.24, 2.45) is 0 Å². The summed E-state index contributed by atoms with van der Waals surface area (Å²) >= 11 is 3.60. The zero-order valence-corrected chi connectivity index (χ0v) is 10.7. The summed E-state index contributed by atoms with van der Waals surface area (Å²) in [6, 6.07) is 0. The first-order valence-corrected chi connectivity index (χ1v) is 6.71. The van der Waals surface area contributed by atoms with E-state index in [1.807, 2.05) is 6.92 Å². The minimum Gasteiger partial charge on any atom is -0.381 e. The number of ether oxygens (including phenoxy) is 3. The Hall–Kier alpha value is 0.360. The van der Waals surface area contributed by atoms with Gasteiger partial charge in [0.1, 0.15) is 0 Å². The van der Waals surface area contributed by atoms with E-state index >= 15 is 0 Å². The van der Waals surface area contributed by atoms with Gasteiger partial charge in [-0.1, -0.05) is 15.9 Å². The van der Waals surface area contributed by atoms with Crippen LogP contribution in [0, 0.1) is 0 Å². The van der Waals surface area contributed by atoms with Crippen molar-refractivity contribution in [2.75, 3.05) is 19.8 Å². The van der Waals surface area contributed by atoms with Gasteiger partial charge in [-0.3, -0.25) is 0 Å². The van der Waals surface area contributed by atoms with Crippen molar-refractivity contribution in [3.8, 4) is 0 Å². The number of halogens is 1. The highest BCUT2D eigenvalue weighted by atomic mass is 79.9. The highest BCUT2D eigenvalue weighted by molar-refractivity contribution is 9.09. The summed E-state index contributed by atoms with van der Waals surface area (Å²) in [5, 5.41) is 0. The van der Waals surface area contributed by atoms with Crippen LogP contribution in [0.1, 0.15) is 26.2 Å². The Morgan fingerprint density at radius 3 is 2.67 bits per heavy atom. The fraction of sp³-hybridized carbons (Fsp3) is 1.00. The Morgan fingerprint density at radius 2 is 2.07 bits per heavy atom. The lowest BCUT2D eigenvalue weighted by Crippen LogP contribution is -2.52. The van der Waals surface area contributed by atoms with Gasteiger partial charge in [-0.25, -0.2) is 0 Å². The largest absolute Gasteiger partial charge is 0.381 e. The van der Waals surface area contributed by atoms with Crippen LogP contribution in [0.15, 0.2) is 0 Å². The van der Waals surface area contributed by atoms with E-state index in [1.54, 1.807) is 0 Å². The summed E-state index contributed by atoms with van der Waals surface area (Å²) in [5.74, 6) is 0. The quantitative estimate of drug-likeness (QED) is 0.738. The summed E-state index contributed by atoms with van der Waals surface area (Å²) in [7, 11) is 0. The second-order valence-electron chi connectivity index (χ2n) is 4.16. The van der Waals surface area contributed by atoms with Gasteiger partial charge in [-0.15, -0.1) is 0 Å². The molecule has 0 amide bonds. The smallest absolute Gasteiger partial charge is 0.0962 e. The Balaban J connectivity index is 1.74. The lowest BCUT2D eigenvalue weighted by atomic mass is 9.91. The maximum atomic E-state index is 6.03. The molecule has 2 aliphatic rings. The average Bonchev–Trinajstić information content (AvgIpc) is 2.27. The zero-order valence-electron chi connectivity index (χ0n) is 9.15. The fourth-order valence-electron chi connectivity index (χ4n) is 2.12. The maximum Gasteiger partial charge on any atom is 0.0962 e.